The minimum absolute atomic E-state index is 0.00926. The highest BCUT2D eigenvalue weighted by atomic mass is 16.3. The molecule has 60 valence electrons. The van der Waals surface area contributed by atoms with Crippen LogP contribution in [0.25, 0.3) is 0 Å². The van der Waals surface area contributed by atoms with Crippen LogP contribution in [0.5, 0.6) is 0 Å². The van der Waals surface area contributed by atoms with Crippen LogP contribution in [0.4, 0.5) is 0 Å². The topological polar surface area (TPSA) is 46.2 Å². The Morgan fingerprint density at radius 1 is 1.50 bits per heavy atom. The Kier molecular flexibility index (Phi) is 1.77. The van der Waals surface area contributed by atoms with Gasteiger partial charge in [-0.05, 0) is 17.8 Å². The monoisotopic (exact) mass is 143 g/mol. The van der Waals surface area contributed by atoms with Crippen LogP contribution in [-0.4, -0.2) is 17.3 Å². The van der Waals surface area contributed by atoms with Crippen molar-refractivity contribution in [2.24, 2.45) is 17.1 Å². The van der Waals surface area contributed by atoms with Crippen molar-refractivity contribution in [2.45, 2.75) is 39.3 Å². The van der Waals surface area contributed by atoms with Crippen LogP contribution >= 0.6 is 0 Å². The molecule has 0 aromatic heterocycles. The van der Waals surface area contributed by atoms with Crippen LogP contribution in [0.2, 0.25) is 0 Å². The Balaban J connectivity index is 2.75. The van der Waals surface area contributed by atoms with Gasteiger partial charge in [0.15, 0.2) is 0 Å². The molecule has 2 heteroatoms. The molecule has 3 N–H and O–H groups in total. The number of hydrogen-bond acceptors (Lipinski definition) is 2. The number of aliphatic hydroxyl groups excluding tert-OH is 1. The van der Waals surface area contributed by atoms with E-state index in [-0.39, 0.29) is 17.6 Å². The lowest BCUT2D eigenvalue weighted by molar-refractivity contribution is 0.0503. The van der Waals surface area contributed by atoms with Gasteiger partial charge in [-0.15, -0.1) is 0 Å². The standard InChI is InChI=1S/C8H17NO/c1-5-4-6(9)7(10)8(5,2)3/h5-7,10H,4,9H2,1-3H3/t5?,6-,7-/m0/s1. The number of hydrogen-bond donors (Lipinski definition) is 2. The van der Waals surface area contributed by atoms with Gasteiger partial charge < -0.3 is 10.8 Å². The maximum Gasteiger partial charge on any atom is 0.0744 e. The van der Waals surface area contributed by atoms with Gasteiger partial charge in [0.2, 0.25) is 0 Å². The first-order chi connectivity index (χ1) is 4.46. The van der Waals surface area contributed by atoms with Crippen LogP contribution in [0.1, 0.15) is 27.2 Å². The smallest absolute Gasteiger partial charge is 0.0744 e. The average Bonchev–Trinajstić information content (AvgIpc) is 1.97. The van der Waals surface area contributed by atoms with E-state index in [1.165, 1.54) is 0 Å². The number of nitrogens with two attached hydrogens (primary N) is 1. The van der Waals surface area contributed by atoms with Gasteiger partial charge in [-0.2, -0.15) is 0 Å². The molecular formula is C8H17NO. The first-order valence-corrected chi connectivity index (χ1v) is 3.90. The Morgan fingerprint density at radius 2 is 2.00 bits per heavy atom. The van der Waals surface area contributed by atoms with E-state index >= 15 is 0 Å². The van der Waals surface area contributed by atoms with Gasteiger partial charge in [0.25, 0.3) is 0 Å². The molecule has 10 heavy (non-hydrogen) atoms. The zero-order chi connectivity index (χ0) is 7.94. The van der Waals surface area contributed by atoms with Crippen molar-refractivity contribution in [2.75, 3.05) is 0 Å². The molecule has 0 aliphatic heterocycles. The van der Waals surface area contributed by atoms with E-state index in [2.05, 4.69) is 20.8 Å². The van der Waals surface area contributed by atoms with E-state index in [0.29, 0.717) is 5.92 Å². The highest BCUT2D eigenvalue weighted by Gasteiger charge is 2.44. The largest absolute Gasteiger partial charge is 0.391 e. The van der Waals surface area contributed by atoms with Crippen molar-refractivity contribution < 1.29 is 5.11 Å². The SMILES string of the molecule is CC1C[C@H](N)[C@H](O)C1(C)C. The van der Waals surface area contributed by atoms with Gasteiger partial charge in [-0.3, -0.25) is 0 Å². The molecular weight excluding hydrogens is 126 g/mol. The summed E-state index contributed by atoms with van der Waals surface area (Å²) in [6.45, 7) is 6.31. The Morgan fingerprint density at radius 3 is 2.10 bits per heavy atom. The van der Waals surface area contributed by atoms with Gasteiger partial charge in [0.05, 0.1) is 6.10 Å². The normalized spacial score (nSPS) is 45.9. The molecule has 3 atom stereocenters. The highest BCUT2D eigenvalue weighted by molar-refractivity contribution is 4.97. The van der Waals surface area contributed by atoms with Gasteiger partial charge >= 0.3 is 0 Å². The van der Waals surface area contributed by atoms with Crippen LogP contribution in [0, 0.1) is 11.3 Å². The lowest BCUT2D eigenvalue weighted by Crippen LogP contribution is -2.37. The van der Waals surface area contributed by atoms with Crippen LogP contribution in [0.3, 0.4) is 0 Å². The Hall–Kier alpha value is -0.0800. The van der Waals surface area contributed by atoms with E-state index in [9.17, 15) is 5.11 Å². The summed E-state index contributed by atoms with van der Waals surface area (Å²) >= 11 is 0. The number of aliphatic hydroxyl groups is 1. The predicted octanol–water partition coefficient (Wildman–Crippen LogP) is 0.741. The molecule has 0 saturated heterocycles. The third kappa shape index (κ3) is 0.956. The number of rotatable bonds is 0. The summed E-state index contributed by atoms with van der Waals surface area (Å²) in [5, 5.41) is 9.57. The lowest BCUT2D eigenvalue weighted by Gasteiger charge is -2.27. The maximum atomic E-state index is 9.57. The van der Waals surface area contributed by atoms with Crippen LogP contribution in [-0.2, 0) is 0 Å². The van der Waals surface area contributed by atoms with Crippen molar-refractivity contribution in [1.82, 2.24) is 0 Å². The minimum atomic E-state index is -0.317. The second-order valence-corrected chi connectivity index (χ2v) is 4.07. The third-order valence-corrected chi connectivity index (χ3v) is 3.06. The fourth-order valence-corrected chi connectivity index (χ4v) is 1.68. The molecule has 1 aliphatic rings. The Labute approximate surface area is 62.4 Å². The van der Waals surface area contributed by atoms with Gasteiger partial charge in [-0.25, -0.2) is 0 Å². The van der Waals surface area contributed by atoms with Gasteiger partial charge in [0.1, 0.15) is 0 Å². The molecule has 2 nitrogen and oxygen atoms in total. The molecule has 1 rings (SSSR count). The molecule has 0 spiro atoms. The molecule has 1 fully saturated rings. The molecule has 0 bridgehead atoms. The van der Waals surface area contributed by atoms with E-state index in [1.807, 2.05) is 0 Å². The van der Waals surface area contributed by atoms with Gasteiger partial charge in [-0.1, -0.05) is 20.8 Å². The quantitative estimate of drug-likeness (QED) is 0.525. The third-order valence-electron chi connectivity index (χ3n) is 3.06. The second-order valence-electron chi connectivity index (χ2n) is 4.07. The Bertz CT molecular complexity index is 133. The molecule has 0 aromatic carbocycles. The summed E-state index contributed by atoms with van der Waals surface area (Å²) in [5.41, 5.74) is 5.71. The average molecular weight is 143 g/mol. The van der Waals surface area contributed by atoms with Crippen molar-refractivity contribution in [1.29, 1.82) is 0 Å². The van der Waals surface area contributed by atoms with Crippen molar-refractivity contribution >= 4 is 0 Å². The van der Waals surface area contributed by atoms with Crippen LogP contribution in [0.15, 0.2) is 0 Å². The van der Waals surface area contributed by atoms with Crippen LogP contribution < -0.4 is 5.73 Å². The van der Waals surface area contributed by atoms with Crippen molar-refractivity contribution in [3.8, 4) is 0 Å². The maximum absolute atomic E-state index is 9.57. The highest BCUT2D eigenvalue weighted by Crippen LogP contribution is 2.41. The van der Waals surface area contributed by atoms with E-state index in [0.717, 1.165) is 6.42 Å². The predicted molar refractivity (Wildman–Crippen MR) is 41.5 cm³/mol. The zero-order valence-corrected chi connectivity index (χ0v) is 6.96. The summed E-state index contributed by atoms with van der Waals surface area (Å²) in [5.74, 6) is 0.539. The van der Waals surface area contributed by atoms with E-state index < -0.39 is 0 Å². The lowest BCUT2D eigenvalue weighted by atomic mass is 9.81. The summed E-state index contributed by atoms with van der Waals surface area (Å²) in [4.78, 5) is 0. The van der Waals surface area contributed by atoms with Gasteiger partial charge in [0, 0.05) is 6.04 Å². The summed E-state index contributed by atoms with van der Waals surface area (Å²) < 4.78 is 0. The summed E-state index contributed by atoms with van der Waals surface area (Å²) in [7, 11) is 0. The molecule has 1 unspecified atom stereocenters. The first kappa shape index (κ1) is 8.02. The van der Waals surface area contributed by atoms with Crippen molar-refractivity contribution in [3.63, 3.8) is 0 Å². The zero-order valence-electron chi connectivity index (χ0n) is 6.96. The van der Waals surface area contributed by atoms with Crippen molar-refractivity contribution in [3.05, 3.63) is 0 Å². The molecule has 0 heterocycles. The van der Waals surface area contributed by atoms with E-state index in [1.54, 1.807) is 0 Å². The van der Waals surface area contributed by atoms with E-state index in [4.69, 9.17) is 5.73 Å². The molecule has 0 amide bonds. The fourth-order valence-electron chi connectivity index (χ4n) is 1.68. The molecule has 0 radical (unpaired) electrons. The molecule has 1 aliphatic carbocycles. The summed E-state index contributed by atoms with van der Waals surface area (Å²) in [6.07, 6.45) is 0.635. The minimum Gasteiger partial charge on any atom is -0.391 e. The second kappa shape index (κ2) is 2.21. The first-order valence-electron chi connectivity index (χ1n) is 3.90. The fraction of sp³-hybridized carbons (Fsp3) is 1.00. The summed E-state index contributed by atoms with van der Waals surface area (Å²) in [6, 6.07) is -0.00926. The molecule has 0 aromatic rings. The molecule has 1 saturated carbocycles.